The maximum Gasteiger partial charge on any atom is 0.191 e. The van der Waals surface area contributed by atoms with Crippen LogP contribution in [-0.2, 0) is 7.05 Å². The van der Waals surface area contributed by atoms with Gasteiger partial charge in [0.25, 0.3) is 0 Å². The molecule has 0 bridgehead atoms. The molecule has 3 aromatic rings. The minimum Gasteiger partial charge on any atom is -0.497 e. The molecule has 0 aliphatic heterocycles. The van der Waals surface area contributed by atoms with Gasteiger partial charge in [0.1, 0.15) is 11.6 Å². The Morgan fingerprint density at radius 3 is 2.76 bits per heavy atom. The van der Waals surface area contributed by atoms with Crippen LogP contribution in [0.15, 0.2) is 53.7 Å². The molecule has 3 rings (SSSR count). The molecule has 5 nitrogen and oxygen atoms in total. The molecular weight excluding hydrogens is 341 g/mol. The molecule has 0 saturated heterocycles. The first-order valence-electron chi connectivity index (χ1n) is 7.54. The third-order valence-electron chi connectivity index (χ3n) is 3.67. The summed E-state index contributed by atoms with van der Waals surface area (Å²) in [5.74, 6) is 0.864. The summed E-state index contributed by atoms with van der Waals surface area (Å²) in [4.78, 5) is 12.3. The van der Waals surface area contributed by atoms with Gasteiger partial charge in [-0.25, -0.2) is 4.39 Å². The van der Waals surface area contributed by atoms with Gasteiger partial charge in [0.15, 0.2) is 16.8 Å². The highest BCUT2D eigenvalue weighted by Gasteiger charge is 2.16. The summed E-state index contributed by atoms with van der Waals surface area (Å²) >= 11 is 1.26. The van der Waals surface area contributed by atoms with E-state index in [1.54, 1.807) is 61.2 Å². The second kappa shape index (κ2) is 7.48. The highest BCUT2D eigenvalue weighted by atomic mass is 32.2. The minimum atomic E-state index is -0.359. The first kappa shape index (κ1) is 17.2. The number of ether oxygens (including phenoxy) is 1. The number of methoxy groups -OCH3 is 1. The molecule has 0 aliphatic rings. The van der Waals surface area contributed by atoms with E-state index < -0.39 is 0 Å². The molecule has 0 fully saturated rings. The fraction of sp³-hybridized carbons (Fsp3) is 0.167. The predicted molar refractivity (Wildman–Crippen MR) is 94.4 cm³/mol. The van der Waals surface area contributed by atoms with Crippen molar-refractivity contribution in [2.75, 3.05) is 12.9 Å². The normalized spacial score (nSPS) is 10.7. The van der Waals surface area contributed by atoms with Gasteiger partial charge in [0.05, 0.1) is 18.4 Å². The average Bonchev–Trinajstić information content (AvgIpc) is 3.00. The monoisotopic (exact) mass is 357 g/mol. The molecule has 0 spiro atoms. The van der Waals surface area contributed by atoms with Crippen LogP contribution < -0.4 is 4.74 Å². The zero-order valence-electron chi connectivity index (χ0n) is 13.8. The quantitative estimate of drug-likeness (QED) is 0.498. The summed E-state index contributed by atoms with van der Waals surface area (Å²) in [5, 5.41) is 8.66. The zero-order chi connectivity index (χ0) is 17.8. The van der Waals surface area contributed by atoms with Gasteiger partial charge >= 0.3 is 0 Å². The number of hydrogen-bond acceptors (Lipinski definition) is 5. The molecule has 2 aromatic carbocycles. The number of rotatable bonds is 6. The SMILES string of the molecule is COc1cccc(C(=O)CSc2nnc(-c3ccccc3F)n2C)c1. The van der Waals surface area contributed by atoms with Crippen molar-refractivity contribution in [2.45, 2.75) is 5.16 Å². The van der Waals surface area contributed by atoms with E-state index in [2.05, 4.69) is 10.2 Å². The maximum absolute atomic E-state index is 13.9. The van der Waals surface area contributed by atoms with Gasteiger partial charge in [-0.15, -0.1) is 10.2 Å². The molecule has 0 amide bonds. The number of thioether (sulfide) groups is 1. The molecule has 0 saturated carbocycles. The van der Waals surface area contributed by atoms with Crippen molar-refractivity contribution in [1.82, 2.24) is 14.8 Å². The predicted octanol–water partition coefficient (Wildman–Crippen LogP) is 3.60. The van der Waals surface area contributed by atoms with Gasteiger partial charge in [0, 0.05) is 12.6 Å². The lowest BCUT2D eigenvalue weighted by molar-refractivity contribution is 0.102. The van der Waals surface area contributed by atoms with Crippen LogP contribution in [-0.4, -0.2) is 33.4 Å². The lowest BCUT2D eigenvalue weighted by Crippen LogP contribution is -2.04. The van der Waals surface area contributed by atoms with Gasteiger partial charge in [-0.05, 0) is 24.3 Å². The number of ketones is 1. The number of aromatic nitrogens is 3. The number of Topliss-reactive ketones (excluding diaryl/α,β-unsaturated/α-hetero) is 1. The molecule has 0 unspecified atom stereocenters. The lowest BCUT2D eigenvalue weighted by Gasteiger charge is -2.05. The Morgan fingerprint density at radius 2 is 2.00 bits per heavy atom. The third-order valence-corrected chi connectivity index (χ3v) is 4.69. The summed E-state index contributed by atoms with van der Waals surface area (Å²) in [7, 11) is 3.31. The number of hydrogen-bond donors (Lipinski definition) is 0. The fourth-order valence-corrected chi connectivity index (χ4v) is 3.13. The largest absolute Gasteiger partial charge is 0.497 e. The van der Waals surface area contributed by atoms with E-state index in [0.29, 0.717) is 27.9 Å². The molecule has 25 heavy (non-hydrogen) atoms. The van der Waals surface area contributed by atoms with Crippen molar-refractivity contribution >= 4 is 17.5 Å². The van der Waals surface area contributed by atoms with Crippen LogP contribution in [0.25, 0.3) is 11.4 Å². The van der Waals surface area contributed by atoms with Gasteiger partial charge in [-0.3, -0.25) is 4.79 Å². The average molecular weight is 357 g/mol. The van der Waals surface area contributed by atoms with Crippen LogP contribution in [0.3, 0.4) is 0 Å². The standard InChI is InChI=1S/C18H16FN3O2S/c1-22-17(14-8-3-4-9-15(14)19)20-21-18(22)25-11-16(23)12-6-5-7-13(10-12)24-2/h3-10H,11H2,1-2H3. The van der Waals surface area contributed by atoms with Crippen molar-refractivity contribution < 1.29 is 13.9 Å². The van der Waals surface area contributed by atoms with Gasteiger partial charge < -0.3 is 9.30 Å². The Balaban J connectivity index is 1.74. The molecule has 7 heteroatoms. The number of nitrogens with zero attached hydrogens (tertiary/aromatic N) is 3. The van der Waals surface area contributed by atoms with E-state index in [4.69, 9.17) is 4.74 Å². The van der Waals surface area contributed by atoms with Crippen LogP contribution in [0.1, 0.15) is 10.4 Å². The van der Waals surface area contributed by atoms with Crippen molar-refractivity contribution in [3.8, 4) is 17.1 Å². The van der Waals surface area contributed by atoms with Gasteiger partial charge in [-0.2, -0.15) is 0 Å². The smallest absolute Gasteiger partial charge is 0.191 e. The highest BCUT2D eigenvalue weighted by molar-refractivity contribution is 7.99. The van der Waals surface area contributed by atoms with Crippen LogP contribution >= 0.6 is 11.8 Å². The summed E-state index contributed by atoms with van der Waals surface area (Å²) in [6.07, 6.45) is 0. The first-order valence-corrected chi connectivity index (χ1v) is 8.53. The van der Waals surface area contributed by atoms with Gasteiger partial charge in [0.2, 0.25) is 0 Å². The van der Waals surface area contributed by atoms with E-state index in [9.17, 15) is 9.18 Å². The Kier molecular flexibility index (Phi) is 5.14. The van der Waals surface area contributed by atoms with Crippen molar-refractivity contribution in [2.24, 2.45) is 7.05 Å². The first-order chi connectivity index (χ1) is 12.1. The molecule has 0 atom stereocenters. The molecule has 1 aromatic heterocycles. The molecule has 1 heterocycles. The summed E-state index contributed by atoms with van der Waals surface area (Å²) in [6.45, 7) is 0. The molecule has 0 N–H and O–H groups in total. The molecule has 0 aliphatic carbocycles. The van der Waals surface area contributed by atoms with Crippen molar-refractivity contribution in [3.05, 3.63) is 59.9 Å². The summed E-state index contributed by atoms with van der Waals surface area (Å²) in [5.41, 5.74) is 0.951. The Bertz CT molecular complexity index is 911. The van der Waals surface area contributed by atoms with E-state index in [1.807, 2.05) is 0 Å². The summed E-state index contributed by atoms with van der Waals surface area (Å²) in [6, 6.07) is 13.4. The van der Waals surface area contributed by atoms with Gasteiger partial charge in [-0.1, -0.05) is 36.0 Å². The molecule has 128 valence electrons. The molecule has 0 radical (unpaired) electrons. The van der Waals surface area contributed by atoms with Crippen LogP contribution in [0.4, 0.5) is 4.39 Å². The number of benzene rings is 2. The number of carbonyl (C=O) groups excluding carboxylic acids is 1. The number of halogens is 1. The van der Waals surface area contributed by atoms with E-state index >= 15 is 0 Å². The Labute approximate surface area is 148 Å². The van der Waals surface area contributed by atoms with Crippen LogP contribution in [0.2, 0.25) is 0 Å². The summed E-state index contributed by atoms with van der Waals surface area (Å²) < 4.78 is 20.7. The molecular formula is C18H16FN3O2S. The topological polar surface area (TPSA) is 57.0 Å². The van der Waals surface area contributed by atoms with Crippen molar-refractivity contribution in [3.63, 3.8) is 0 Å². The van der Waals surface area contributed by atoms with Crippen LogP contribution in [0.5, 0.6) is 5.75 Å². The number of carbonyl (C=O) groups is 1. The second-order valence-electron chi connectivity index (χ2n) is 5.29. The van der Waals surface area contributed by atoms with E-state index in [1.165, 1.54) is 17.8 Å². The van der Waals surface area contributed by atoms with E-state index in [-0.39, 0.29) is 17.4 Å². The highest BCUT2D eigenvalue weighted by Crippen LogP contribution is 2.25. The fourth-order valence-electron chi connectivity index (χ4n) is 2.33. The lowest BCUT2D eigenvalue weighted by atomic mass is 10.1. The maximum atomic E-state index is 13.9. The zero-order valence-corrected chi connectivity index (χ0v) is 14.6. The van der Waals surface area contributed by atoms with Crippen LogP contribution in [0, 0.1) is 5.82 Å². The van der Waals surface area contributed by atoms with E-state index in [0.717, 1.165) is 0 Å². The minimum absolute atomic E-state index is 0.0423. The third kappa shape index (κ3) is 3.71. The Morgan fingerprint density at radius 1 is 1.20 bits per heavy atom. The second-order valence-corrected chi connectivity index (χ2v) is 6.23. The Hall–Kier alpha value is -2.67. The van der Waals surface area contributed by atoms with Crippen molar-refractivity contribution in [1.29, 1.82) is 0 Å².